The number of ketones is 1. The molecule has 0 saturated heterocycles. The second-order valence-electron chi connectivity index (χ2n) is 2.87. The minimum absolute atomic E-state index is 0.255. The quantitative estimate of drug-likeness (QED) is 0.557. The van der Waals surface area contributed by atoms with Crippen LogP contribution in [0, 0.1) is 6.92 Å². The number of Topliss-reactive ketones (excluding diaryl/α,β-unsaturated/α-hetero) is 1. The molecule has 2 heteroatoms. The van der Waals surface area contributed by atoms with E-state index in [1.165, 1.54) is 0 Å². The Kier molecular flexibility index (Phi) is 1.28. The fourth-order valence-corrected chi connectivity index (χ4v) is 1.54. The first-order valence-electron chi connectivity index (χ1n) is 3.77. The molecule has 0 bridgehead atoms. The van der Waals surface area contributed by atoms with Gasteiger partial charge in [0.2, 0.25) is 0 Å². The minimum atomic E-state index is 0.255. The number of nitrogens with zero attached hydrogens (tertiary/aromatic N) is 1. The van der Waals surface area contributed by atoms with Gasteiger partial charge in [0, 0.05) is 18.2 Å². The fourth-order valence-electron chi connectivity index (χ4n) is 1.54. The Hall–Kier alpha value is -1.18. The van der Waals surface area contributed by atoms with Crippen molar-refractivity contribution in [3.05, 3.63) is 29.1 Å². The Labute approximate surface area is 65.3 Å². The monoisotopic (exact) mass is 147 g/mol. The third-order valence-electron chi connectivity index (χ3n) is 2.11. The molecular formula is C9H9NO. The maximum atomic E-state index is 11.2. The van der Waals surface area contributed by atoms with E-state index in [-0.39, 0.29) is 5.78 Å². The van der Waals surface area contributed by atoms with Gasteiger partial charge in [0.25, 0.3) is 0 Å². The van der Waals surface area contributed by atoms with E-state index < -0.39 is 0 Å². The first kappa shape index (κ1) is 6.53. The van der Waals surface area contributed by atoms with E-state index in [4.69, 9.17) is 0 Å². The zero-order valence-corrected chi connectivity index (χ0v) is 6.42. The Balaban J connectivity index is 2.68. The summed E-state index contributed by atoms with van der Waals surface area (Å²) >= 11 is 0. The van der Waals surface area contributed by atoms with Gasteiger partial charge in [-0.3, -0.25) is 9.78 Å². The summed E-state index contributed by atoms with van der Waals surface area (Å²) in [5, 5.41) is 0. The molecule has 1 heterocycles. The molecule has 0 unspecified atom stereocenters. The number of pyridine rings is 1. The Morgan fingerprint density at radius 3 is 3.00 bits per heavy atom. The Morgan fingerprint density at radius 1 is 1.45 bits per heavy atom. The van der Waals surface area contributed by atoms with Crippen LogP contribution in [0.1, 0.15) is 28.0 Å². The van der Waals surface area contributed by atoms with Gasteiger partial charge >= 0.3 is 0 Å². The average Bonchev–Trinajstić information content (AvgIpc) is 2.34. The number of carbonyl (C=O) groups excluding carboxylic acids is 1. The van der Waals surface area contributed by atoms with Crippen molar-refractivity contribution in [3.8, 4) is 0 Å². The molecule has 0 aromatic carbocycles. The number of rotatable bonds is 0. The maximum absolute atomic E-state index is 11.2. The molecule has 0 radical (unpaired) electrons. The highest BCUT2D eigenvalue weighted by Crippen LogP contribution is 2.22. The Bertz CT molecular complexity index is 317. The van der Waals surface area contributed by atoms with Crippen molar-refractivity contribution in [2.45, 2.75) is 19.8 Å². The maximum Gasteiger partial charge on any atom is 0.165 e. The first-order valence-corrected chi connectivity index (χ1v) is 3.77. The van der Waals surface area contributed by atoms with Gasteiger partial charge in [-0.25, -0.2) is 0 Å². The molecule has 0 amide bonds. The number of carbonyl (C=O) groups is 1. The van der Waals surface area contributed by atoms with E-state index in [0.29, 0.717) is 6.42 Å². The van der Waals surface area contributed by atoms with Crippen LogP contribution in [0.4, 0.5) is 0 Å². The lowest BCUT2D eigenvalue weighted by Gasteiger charge is -1.98. The van der Waals surface area contributed by atoms with Gasteiger partial charge in [0.1, 0.15) is 0 Å². The molecule has 0 N–H and O–H groups in total. The van der Waals surface area contributed by atoms with Crippen molar-refractivity contribution < 1.29 is 4.79 Å². The summed E-state index contributed by atoms with van der Waals surface area (Å²) in [5.74, 6) is 0.255. The number of hydrogen-bond acceptors (Lipinski definition) is 2. The van der Waals surface area contributed by atoms with Gasteiger partial charge < -0.3 is 0 Å². The molecule has 1 aromatic rings. The smallest absolute Gasteiger partial charge is 0.165 e. The van der Waals surface area contributed by atoms with Gasteiger partial charge in [0.05, 0.1) is 5.69 Å². The fraction of sp³-hybridized carbons (Fsp3) is 0.333. The van der Waals surface area contributed by atoms with Crippen LogP contribution in [0.25, 0.3) is 0 Å². The van der Waals surface area contributed by atoms with Crippen LogP contribution in [-0.4, -0.2) is 10.8 Å². The van der Waals surface area contributed by atoms with Crippen molar-refractivity contribution in [1.82, 2.24) is 4.98 Å². The van der Waals surface area contributed by atoms with Gasteiger partial charge in [-0.05, 0) is 25.0 Å². The highest BCUT2D eigenvalue weighted by molar-refractivity contribution is 6.01. The van der Waals surface area contributed by atoms with Crippen LogP contribution >= 0.6 is 0 Å². The van der Waals surface area contributed by atoms with Crippen LogP contribution in [0.5, 0.6) is 0 Å². The molecule has 0 aliphatic heterocycles. The lowest BCUT2D eigenvalue weighted by atomic mass is 10.1. The predicted molar refractivity (Wildman–Crippen MR) is 41.6 cm³/mol. The molecule has 1 aliphatic carbocycles. The summed E-state index contributed by atoms with van der Waals surface area (Å²) in [7, 11) is 0. The van der Waals surface area contributed by atoms with E-state index in [9.17, 15) is 4.79 Å². The first-order chi connectivity index (χ1) is 5.29. The third-order valence-corrected chi connectivity index (χ3v) is 2.11. The van der Waals surface area contributed by atoms with Crippen LogP contribution in [0.15, 0.2) is 12.3 Å². The highest BCUT2D eigenvalue weighted by Gasteiger charge is 2.21. The molecule has 1 aromatic heterocycles. The highest BCUT2D eigenvalue weighted by atomic mass is 16.1. The standard InChI is InChI=1S/C9H9NO/c1-6-4-5-10-7-2-3-8(11)9(6)7/h4-5H,2-3H2,1H3. The van der Waals surface area contributed by atoms with Crippen LogP contribution in [0.2, 0.25) is 0 Å². The molecule has 56 valence electrons. The summed E-state index contributed by atoms with van der Waals surface area (Å²) in [6.45, 7) is 1.96. The molecule has 2 rings (SSSR count). The minimum Gasteiger partial charge on any atom is -0.294 e. The van der Waals surface area contributed by atoms with E-state index in [1.807, 2.05) is 13.0 Å². The van der Waals surface area contributed by atoms with Crippen LogP contribution < -0.4 is 0 Å². The van der Waals surface area contributed by atoms with Gasteiger partial charge in [0.15, 0.2) is 5.78 Å². The second kappa shape index (κ2) is 2.16. The summed E-state index contributed by atoms with van der Waals surface area (Å²) in [5.41, 5.74) is 2.92. The van der Waals surface area contributed by atoms with Crippen molar-refractivity contribution in [1.29, 1.82) is 0 Å². The van der Waals surface area contributed by atoms with Gasteiger partial charge in [-0.1, -0.05) is 0 Å². The van der Waals surface area contributed by atoms with Crippen molar-refractivity contribution in [2.24, 2.45) is 0 Å². The zero-order valence-electron chi connectivity index (χ0n) is 6.42. The van der Waals surface area contributed by atoms with Gasteiger partial charge in [-0.2, -0.15) is 0 Å². The van der Waals surface area contributed by atoms with Crippen LogP contribution in [0.3, 0.4) is 0 Å². The number of hydrogen-bond donors (Lipinski definition) is 0. The third kappa shape index (κ3) is 0.862. The van der Waals surface area contributed by atoms with E-state index >= 15 is 0 Å². The van der Waals surface area contributed by atoms with Crippen molar-refractivity contribution >= 4 is 5.78 Å². The summed E-state index contributed by atoms with van der Waals surface area (Å²) in [4.78, 5) is 15.4. The van der Waals surface area contributed by atoms with Crippen molar-refractivity contribution in [3.63, 3.8) is 0 Å². The molecule has 2 nitrogen and oxygen atoms in total. The lowest BCUT2D eigenvalue weighted by molar-refractivity contribution is 0.0994. The molecule has 0 atom stereocenters. The predicted octanol–water partition coefficient (Wildman–Crippen LogP) is 1.52. The number of fused-ring (bicyclic) bond motifs is 1. The largest absolute Gasteiger partial charge is 0.294 e. The number of aromatic nitrogens is 1. The van der Waals surface area contributed by atoms with E-state index in [1.54, 1.807) is 6.20 Å². The topological polar surface area (TPSA) is 30.0 Å². The molecule has 11 heavy (non-hydrogen) atoms. The van der Waals surface area contributed by atoms with Crippen LogP contribution in [-0.2, 0) is 6.42 Å². The molecule has 0 spiro atoms. The zero-order chi connectivity index (χ0) is 7.84. The molecule has 0 fully saturated rings. The average molecular weight is 147 g/mol. The van der Waals surface area contributed by atoms with Crippen molar-refractivity contribution in [2.75, 3.05) is 0 Å². The van der Waals surface area contributed by atoms with E-state index in [2.05, 4.69) is 4.98 Å². The molecular weight excluding hydrogens is 138 g/mol. The lowest BCUT2D eigenvalue weighted by Crippen LogP contribution is -1.96. The summed E-state index contributed by atoms with van der Waals surface area (Å²) in [6.07, 6.45) is 3.25. The summed E-state index contributed by atoms with van der Waals surface area (Å²) in [6, 6.07) is 1.89. The SMILES string of the molecule is Cc1ccnc2c1C(=O)CC2. The Morgan fingerprint density at radius 2 is 2.27 bits per heavy atom. The van der Waals surface area contributed by atoms with E-state index in [0.717, 1.165) is 23.2 Å². The normalized spacial score (nSPS) is 15.2. The summed E-state index contributed by atoms with van der Waals surface area (Å²) < 4.78 is 0. The second-order valence-corrected chi connectivity index (χ2v) is 2.87. The molecule has 1 aliphatic rings. The molecule has 0 saturated carbocycles. The van der Waals surface area contributed by atoms with Gasteiger partial charge in [-0.15, -0.1) is 0 Å². The number of aryl methyl sites for hydroxylation is 2.